The van der Waals surface area contributed by atoms with Gasteiger partial charge in [0.15, 0.2) is 0 Å². The van der Waals surface area contributed by atoms with E-state index >= 15 is 0 Å². The van der Waals surface area contributed by atoms with Crippen LogP contribution in [0.15, 0.2) is 60.9 Å². The smallest absolute Gasteiger partial charge is 0.0961 e. The molecule has 0 unspecified atom stereocenters. The van der Waals surface area contributed by atoms with Gasteiger partial charge in [-0.05, 0) is 13.0 Å². The van der Waals surface area contributed by atoms with E-state index in [1.54, 1.807) is 6.33 Å². The highest BCUT2D eigenvalue weighted by molar-refractivity contribution is 5.78. The number of aryl methyl sites for hydroxylation is 1. The summed E-state index contributed by atoms with van der Waals surface area (Å²) < 4.78 is 0. The normalized spacial score (nSPS) is 10.5. The van der Waals surface area contributed by atoms with E-state index in [1.165, 1.54) is 5.56 Å². The van der Waals surface area contributed by atoms with Crippen molar-refractivity contribution in [2.45, 2.75) is 6.92 Å². The van der Waals surface area contributed by atoms with Crippen LogP contribution in [0.4, 0.5) is 0 Å². The SMILES string of the molecule is Cc1cccc(-c2nc[nH]c2-c2ccccc2)c1. The highest BCUT2D eigenvalue weighted by Crippen LogP contribution is 2.28. The van der Waals surface area contributed by atoms with Crippen LogP contribution in [0.3, 0.4) is 0 Å². The molecule has 2 aromatic carbocycles. The van der Waals surface area contributed by atoms with Gasteiger partial charge in [0, 0.05) is 11.1 Å². The van der Waals surface area contributed by atoms with Crippen molar-refractivity contribution in [2.75, 3.05) is 0 Å². The molecule has 0 fully saturated rings. The maximum atomic E-state index is 4.45. The fourth-order valence-electron chi connectivity index (χ4n) is 2.13. The van der Waals surface area contributed by atoms with Crippen LogP contribution in [-0.4, -0.2) is 9.97 Å². The van der Waals surface area contributed by atoms with E-state index in [9.17, 15) is 0 Å². The van der Waals surface area contributed by atoms with E-state index in [1.807, 2.05) is 18.2 Å². The fourth-order valence-corrected chi connectivity index (χ4v) is 2.13. The van der Waals surface area contributed by atoms with Gasteiger partial charge in [0.2, 0.25) is 0 Å². The van der Waals surface area contributed by atoms with Gasteiger partial charge in [-0.2, -0.15) is 0 Å². The van der Waals surface area contributed by atoms with Gasteiger partial charge in [-0.15, -0.1) is 0 Å². The molecule has 0 amide bonds. The molecular formula is C16H14N2. The summed E-state index contributed by atoms with van der Waals surface area (Å²) in [6.07, 6.45) is 1.75. The zero-order valence-corrected chi connectivity index (χ0v) is 10.2. The summed E-state index contributed by atoms with van der Waals surface area (Å²) in [4.78, 5) is 7.68. The molecule has 0 aliphatic carbocycles. The van der Waals surface area contributed by atoms with Crippen LogP contribution in [0.1, 0.15) is 5.56 Å². The number of H-pyrrole nitrogens is 1. The molecule has 0 saturated heterocycles. The Morgan fingerprint density at radius 2 is 1.67 bits per heavy atom. The van der Waals surface area contributed by atoms with Crippen molar-refractivity contribution in [1.29, 1.82) is 0 Å². The number of imidazole rings is 1. The average Bonchev–Trinajstić information content (AvgIpc) is 2.89. The molecule has 2 heteroatoms. The van der Waals surface area contributed by atoms with Gasteiger partial charge in [0.05, 0.1) is 17.7 Å². The standard InChI is InChI=1S/C16H14N2/c1-12-6-5-9-14(10-12)16-15(17-11-18-16)13-7-3-2-4-8-13/h2-11H,1H3,(H,17,18). The van der Waals surface area contributed by atoms with E-state index in [2.05, 4.69) is 53.3 Å². The zero-order valence-electron chi connectivity index (χ0n) is 10.2. The topological polar surface area (TPSA) is 28.7 Å². The third-order valence-electron chi connectivity index (χ3n) is 2.99. The van der Waals surface area contributed by atoms with Crippen molar-refractivity contribution in [3.05, 3.63) is 66.5 Å². The molecule has 1 N–H and O–H groups in total. The molecule has 0 atom stereocenters. The van der Waals surface area contributed by atoms with E-state index in [-0.39, 0.29) is 0 Å². The predicted molar refractivity (Wildman–Crippen MR) is 74.2 cm³/mol. The van der Waals surface area contributed by atoms with Crippen molar-refractivity contribution in [1.82, 2.24) is 9.97 Å². The molecule has 0 aliphatic rings. The third-order valence-corrected chi connectivity index (χ3v) is 2.99. The summed E-state index contributed by atoms with van der Waals surface area (Å²) in [7, 11) is 0. The summed E-state index contributed by atoms with van der Waals surface area (Å²) in [6.45, 7) is 2.10. The molecule has 0 aliphatic heterocycles. The molecule has 0 saturated carbocycles. The van der Waals surface area contributed by atoms with Crippen molar-refractivity contribution in [3.8, 4) is 22.5 Å². The summed E-state index contributed by atoms with van der Waals surface area (Å²) in [6, 6.07) is 18.7. The largest absolute Gasteiger partial charge is 0.344 e. The first-order valence-electron chi connectivity index (χ1n) is 6.00. The minimum Gasteiger partial charge on any atom is -0.344 e. The predicted octanol–water partition coefficient (Wildman–Crippen LogP) is 4.05. The average molecular weight is 234 g/mol. The Morgan fingerprint density at radius 3 is 2.44 bits per heavy atom. The second kappa shape index (κ2) is 4.49. The second-order valence-corrected chi connectivity index (χ2v) is 4.36. The molecule has 2 nitrogen and oxygen atoms in total. The number of rotatable bonds is 2. The van der Waals surface area contributed by atoms with Crippen molar-refractivity contribution in [3.63, 3.8) is 0 Å². The minimum absolute atomic E-state index is 1.00. The lowest BCUT2D eigenvalue weighted by Crippen LogP contribution is -1.84. The molecule has 3 aromatic rings. The van der Waals surface area contributed by atoms with Gasteiger partial charge in [-0.3, -0.25) is 0 Å². The summed E-state index contributed by atoms with van der Waals surface area (Å²) >= 11 is 0. The lowest BCUT2D eigenvalue weighted by molar-refractivity contribution is 1.31. The van der Waals surface area contributed by atoms with E-state index < -0.39 is 0 Å². The number of benzene rings is 2. The first kappa shape index (κ1) is 10.8. The van der Waals surface area contributed by atoms with Gasteiger partial charge in [-0.25, -0.2) is 4.98 Å². The Bertz CT molecular complexity index is 654. The van der Waals surface area contributed by atoms with Crippen LogP contribution in [0, 0.1) is 6.92 Å². The molecule has 1 heterocycles. The maximum Gasteiger partial charge on any atom is 0.0961 e. The first-order chi connectivity index (χ1) is 8.84. The highest BCUT2D eigenvalue weighted by Gasteiger charge is 2.09. The fraction of sp³-hybridized carbons (Fsp3) is 0.0625. The summed E-state index contributed by atoms with van der Waals surface area (Å²) in [5.74, 6) is 0. The minimum atomic E-state index is 1.00. The number of nitrogens with zero attached hydrogens (tertiary/aromatic N) is 1. The zero-order chi connectivity index (χ0) is 12.4. The maximum absolute atomic E-state index is 4.45. The van der Waals surface area contributed by atoms with E-state index in [0.717, 1.165) is 22.5 Å². The van der Waals surface area contributed by atoms with E-state index in [4.69, 9.17) is 0 Å². The van der Waals surface area contributed by atoms with Gasteiger partial charge in [-0.1, -0.05) is 54.1 Å². The number of aromatic amines is 1. The number of hydrogen-bond acceptors (Lipinski definition) is 1. The summed E-state index contributed by atoms with van der Waals surface area (Å²) in [5.41, 5.74) is 5.63. The number of hydrogen-bond donors (Lipinski definition) is 1. The molecule has 1 aromatic heterocycles. The number of nitrogens with one attached hydrogen (secondary N) is 1. The molecule has 0 radical (unpaired) electrons. The monoisotopic (exact) mass is 234 g/mol. The van der Waals surface area contributed by atoms with Gasteiger partial charge >= 0.3 is 0 Å². The Balaban J connectivity index is 2.13. The van der Waals surface area contributed by atoms with Crippen molar-refractivity contribution in [2.24, 2.45) is 0 Å². The van der Waals surface area contributed by atoms with Gasteiger partial charge < -0.3 is 4.98 Å². The Kier molecular flexibility index (Phi) is 2.69. The van der Waals surface area contributed by atoms with Crippen LogP contribution < -0.4 is 0 Å². The molecular weight excluding hydrogens is 220 g/mol. The van der Waals surface area contributed by atoms with E-state index in [0.29, 0.717) is 0 Å². The lowest BCUT2D eigenvalue weighted by Gasteiger charge is -2.04. The summed E-state index contributed by atoms with van der Waals surface area (Å²) in [5, 5.41) is 0. The molecule has 18 heavy (non-hydrogen) atoms. The van der Waals surface area contributed by atoms with Gasteiger partial charge in [0.1, 0.15) is 0 Å². The Hall–Kier alpha value is -2.35. The Labute approximate surface area is 106 Å². The van der Waals surface area contributed by atoms with Crippen LogP contribution in [0.5, 0.6) is 0 Å². The van der Waals surface area contributed by atoms with Crippen molar-refractivity contribution < 1.29 is 0 Å². The second-order valence-electron chi connectivity index (χ2n) is 4.36. The quantitative estimate of drug-likeness (QED) is 0.712. The third kappa shape index (κ3) is 1.93. The van der Waals surface area contributed by atoms with Crippen LogP contribution in [0.25, 0.3) is 22.5 Å². The lowest BCUT2D eigenvalue weighted by atomic mass is 10.0. The molecule has 88 valence electrons. The number of aromatic nitrogens is 2. The van der Waals surface area contributed by atoms with Crippen LogP contribution in [0.2, 0.25) is 0 Å². The molecule has 0 spiro atoms. The highest BCUT2D eigenvalue weighted by atomic mass is 14.9. The van der Waals surface area contributed by atoms with Gasteiger partial charge in [0.25, 0.3) is 0 Å². The molecule has 3 rings (SSSR count). The van der Waals surface area contributed by atoms with Crippen LogP contribution >= 0.6 is 0 Å². The molecule has 0 bridgehead atoms. The van der Waals surface area contributed by atoms with Crippen molar-refractivity contribution >= 4 is 0 Å². The van der Waals surface area contributed by atoms with Crippen LogP contribution in [-0.2, 0) is 0 Å². The Morgan fingerprint density at radius 1 is 0.889 bits per heavy atom. The first-order valence-corrected chi connectivity index (χ1v) is 6.00.